The second-order valence-corrected chi connectivity index (χ2v) is 10.2. The van der Waals surface area contributed by atoms with E-state index in [1.165, 1.54) is 0 Å². The second kappa shape index (κ2) is 8.45. The third-order valence-electron chi connectivity index (χ3n) is 7.71. The van der Waals surface area contributed by atoms with Gasteiger partial charge in [-0.1, -0.05) is 78.9 Å². The fourth-order valence-electron chi connectivity index (χ4n) is 5.73. The highest BCUT2D eigenvalue weighted by molar-refractivity contribution is 6.06. The lowest BCUT2D eigenvalue weighted by atomic mass is 10.1. The van der Waals surface area contributed by atoms with Crippen molar-refractivity contribution in [2.24, 2.45) is 0 Å². The highest BCUT2D eigenvalue weighted by atomic mass is 16.1. The van der Waals surface area contributed by atoms with Gasteiger partial charge < -0.3 is 9.97 Å². The summed E-state index contributed by atoms with van der Waals surface area (Å²) in [6.07, 6.45) is 0.821. The van der Waals surface area contributed by atoms with Gasteiger partial charge in [-0.25, -0.2) is 29.9 Å². The van der Waals surface area contributed by atoms with Crippen LogP contribution in [-0.2, 0) is 0 Å². The van der Waals surface area contributed by atoms with Gasteiger partial charge in [-0.15, -0.1) is 0 Å². The number of H-pyrrole nitrogens is 2. The molecule has 7 aromatic rings. The van der Waals surface area contributed by atoms with Crippen molar-refractivity contribution in [2.45, 2.75) is 0 Å². The highest BCUT2D eigenvalue weighted by Crippen LogP contribution is 2.37. The van der Waals surface area contributed by atoms with Crippen molar-refractivity contribution in [1.82, 2.24) is 39.9 Å². The Bertz CT molecular complexity index is 2450. The Kier molecular flexibility index (Phi) is 4.57. The van der Waals surface area contributed by atoms with Gasteiger partial charge in [0.05, 0.1) is 0 Å². The zero-order valence-electron chi connectivity index (χ0n) is 21.8. The lowest BCUT2D eigenvalue weighted by Gasteiger charge is -1.99. The van der Waals surface area contributed by atoms with Crippen LogP contribution in [0.3, 0.4) is 0 Å². The van der Waals surface area contributed by atoms with Crippen LogP contribution < -0.4 is 0 Å². The van der Waals surface area contributed by atoms with Crippen LogP contribution in [0.5, 0.6) is 0 Å². The average molecular weight is 543 g/mol. The summed E-state index contributed by atoms with van der Waals surface area (Å²) in [4.78, 5) is 48.2. The Labute approximate surface area is 237 Å². The number of nitrogens with zero attached hydrogens (tertiary/aromatic N) is 6. The van der Waals surface area contributed by atoms with E-state index in [-0.39, 0.29) is 0 Å². The number of carbonyl (C=O) groups is 1. The first-order valence-electron chi connectivity index (χ1n) is 13.4. The molecule has 2 N–H and O–H groups in total. The van der Waals surface area contributed by atoms with Gasteiger partial charge in [-0.3, -0.25) is 4.79 Å². The fraction of sp³-hybridized carbons (Fsp3) is 0. The number of aromatic nitrogens is 8. The molecule has 2 aliphatic rings. The van der Waals surface area contributed by atoms with Crippen molar-refractivity contribution in [3.63, 3.8) is 0 Å². The highest BCUT2D eigenvalue weighted by Gasteiger charge is 2.22. The minimum atomic E-state index is 0.457. The molecule has 4 aromatic carbocycles. The summed E-state index contributed by atoms with van der Waals surface area (Å²) in [5.74, 6) is 2.08. The number of fused-ring (bicyclic) bond motifs is 20. The zero-order valence-corrected chi connectivity index (χ0v) is 21.8. The van der Waals surface area contributed by atoms with Crippen molar-refractivity contribution in [2.75, 3.05) is 0 Å². The number of aldehydes is 1. The SMILES string of the molecule is O=Cc1ccc2c(c1)-c1nc-2nc2[nH]c(nc3nc(nc4[nH]c(n1)c1ccccc41)-c1ccccc1-3)c1ccccc21. The Morgan fingerprint density at radius 2 is 0.810 bits per heavy atom. The fourth-order valence-corrected chi connectivity index (χ4v) is 5.73. The summed E-state index contributed by atoms with van der Waals surface area (Å²) in [5.41, 5.74) is 6.35. The van der Waals surface area contributed by atoms with Gasteiger partial charge in [0.2, 0.25) is 0 Å². The van der Waals surface area contributed by atoms with Gasteiger partial charge in [-0.05, 0) is 12.1 Å². The first-order chi connectivity index (χ1) is 20.7. The summed E-state index contributed by atoms with van der Waals surface area (Å²) in [6, 6.07) is 29.3. The predicted octanol–water partition coefficient (Wildman–Crippen LogP) is 6.68. The number of hydrogen-bond donors (Lipinski definition) is 2. The summed E-state index contributed by atoms with van der Waals surface area (Å²) in [5, 5.41) is 3.61. The molecule has 3 aromatic heterocycles. The monoisotopic (exact) mass is 542 g/mol. The van der Waals surface area contributed by atoms with Gasteiger partial charge >= 0.3 is 0 Å². The van der Waals surface area contributed by atoms with Crippen LogP contribution in [-0.4, -0.2) is 46.2 Å². The second-order valence-electron chi connectivity index (χ2n) is 10.2. The first kappa shape index (κ1) is 22.7. The van der Waals surface area contributed by atoms with Crippen LogP contribution in [0.15, 0.2) is 91.0 Å². The van der Waals surface area contributed by atoms with Crippen molar-refractivity contribution < 1.29 is 4.79 Å². The van der Waals surface area contributed by atoms with E-state index < -0.39 is 0 Å². The maximum atomic E-state index is 11.7. The molecule has 196 valence electrons. The molecule has 0 atom stereocenters. The van der Waals surface area contributed by atoms with E-state index in [1.807, 2.05) is 78.9 Å². The molecule has 0 amide bonds. The minimum absolute atomic E-state index is 0.457. The average Bonchev–Trinajstić information content (AvgIpc) is 3.76. The van der Waals surface area contributed by atoms with E-state index >= 15 is 0 Å². The molecule has 9 rings (SSSR count). The lowest BCUT2D eigenvalue weighted by Crippen LogP contribution is -1.85. The molecule has 0 fully saturated rings. The molecule has 5 heterocycles. The Morgan fingerprint density at radius 1 is 0.429 bits per heavy atom. The Hall–Kier alpha value is -6.09. The molecule has 9 nitrogen and oxygen atoms in total. The van der Waals surface area contributed by atoms with Crippen LogP contribution >= 0.6 is 0 Å². The molecule has 0 spiro atoms. The predicted molar refractivity (Wildman–Crippen MR) is 161 cm³/mol. The summed E-state index contributed by atoms with van der Waals surface area (Å²) in [7, 11) is 0. The Morgan fingerprint density at radius 3 is 1.24 bits per heavy atom. The molecular weight excluding hydrogens is 524 g/mol. The molecule has 0 aliphatic carbocycles. The van der Waals surface area contributed by atoms with E-state index in [1.54, 1.807) is 12.1 Å². The lowest BCUT2D eigenvalue weighted by molar-refractivity contribution is 0.112. The smallest absolute Gasteiger partial charge is 0.164 e. The number of rotatable bonds is 1. The molecule has 0 saturated carbocycles. The molecular formula is C33H18N8O. The molecule has 42 heavy (non-hydrogen) atoms. The van der Waals surface area contributed by atoms with E-state index in [4.69, 9.17) is 29.9 Å². The standard InChI is InChI=1S/C33H18N8O/c42-16-17-13-14-24-25(15-17)33-40-31-23-12-6-5-11-22(23)29(38-31)36-27-19-8-2-1-7-18(19)26(34-27)35-28-20-9-3-4-10-21(20)30(37-28)39-32(24)41-33/h1-16H,(H2,34,35,36,37,38,39,40,41). The number of hydrogen-bond acceptors (Lipinski definition) is 7. The van der Waals surface area contributed by atoms with E-state index in [0.717, 1.165) is 50.1 Å². The van der Waals surface area contributed by atoms with Gasteiger partial charge in [0.25, 0.3) is 0 Å². The number of nitrogens with one attached hydrogen (secondary N) is 2. The van der Waals surface area contributed by atoms with E-state index in [2.05, 4.69) is 9.97 Å². The molecule has 9 heteroatoms. The normalized spacial score (nSPS) is 11.9. The maximum absolute atomic E-state index is 11.7. The van der Waals surface area contributed by atoms with Crippen LogP contribution in [0.25, 0.3) is 89.7 Å². The topological polar surface area (TPSA) is 126 Å². The van der Waals surface area contributed by atoms with Gasteiger partial charge in [0.15, 0.2) is 23.3 Å². The molecule has 0 radical (unpaired) electrons. The van der Waals surface area contributed by atoms with Crippen LogP contribution in [0.1, 0.15) is 10.4 Å². The van der Waals surface area contributed by atoms with Gasteiger partial charge in [-0.2, -0.15) is 0 Å². The van der Waals surface area contributed by atoms with Crippen LogP contribution in [0.2, 0.25) is 0 Å². The summed E-state index contributed by atoms with van der Waals surface area (Å²) >= 11 is 0. The quantitative estimate of drug-likeness (QED) is 0.222. The molecule has 0 saturated heterocycles. The molecule has 8 bridgehead atoms. The Balaban J connectivity index is 1.50. The van der Waals surface area contributed by atoms with Crippen LogP contribution in [0.4, 0.5) is 0 Å². The van der Waals surface area contributed by atoms with Crippen molar-refractivity contribution >= 4 is 50.4 Å². The largest absolute Gasteiger partial charge is 0.324 e. The van der Waals surface area contributed by atoms with Gasteiger partial charge in [0, 0.05) is 49.4 Å². The van der Waals surface area contributed by atoms with Gasteiger partial charge in [0.1, 0.15) is 28.9 Å². The van der Waals surface area contributed by atoms with Crippen molar-refractivity contribution in [1.29, 1.82) is 0 Å². The van der Waals surface area contributed by atoms with Crippen molar-refractivity contribution in [3.8, 4) is 45.6 Å². The maximum Gasteiger partial charge on any atom is 0.164 e. The number of benzene rings is 4. The number of carbonyl (C=O) groups excluding carboxylic acids is 1. The third-order valence-corrected chi connectivity index (χ3v) is 7.71. The van der Waals surface area contributed by atoms with E-state index in [0.29, 0.717) is 51.4 Å². The van der Waals surface area contributed by atoms with Crippen molar-refractivity contribution in [3.05, 3.63) is 96.6 Å². The molecule has 2 aliphatic heterocycles. The number of aromatic amines is 2. The summed E-state index contributed by atoms with van der Waals surface area (Å²) in [6.45, 7) is 0. The summed E-state index contributed by atoms with van der Waals surface area (Å²) < 4.78 is 0. The minimum Gasteiger partial charge on any atom is -0.324 e. The zero-order chi connectivity index (χ0) is 27.8. The van der Waals surface area contributed by atoms with Crippen LogP contribution in [0, 0.1) is 0 Å². The third kappa shape index (κ3) is 3.27. The molecule has 0 unspecified atom stereocenters. The first-order valence-corrected chi connectivity index (χ1v) is 13.4. The van der Waals surface area contributed by atoms with E-state index in [9.17, 15) is 4.79 Å².